The second-order valence-electron chi connectivity index (χ2n) is 12.4. The maximum Gasteiger partial charge on any atom is 0.320 e. The normalized spacial score (nSPS) is 22.6. The van der Waals surface area contributed by atoms with Crippen molar-refractivity contribution in [1.82, 2.24) is 25.0 Å². The first-order valence-electron chi connectivity index (χ1n) is 15.6. The van der Waals surface area contributed by atoms with Gasteiger partial charge in [0, 0.05) is 73.4 Å². The van der Waals surface area contributed by atoms with Gasteiger partial charge in [0.05, 0.1) is 6.04 Å². The fourth-order valence-electron chi connectivity index (χ4n) is 7.43. The zero-order valence-electron chi connectivity index (χ0n) is 24.8. The number of piperidine rings is 1. The van der Waals surface area contributed by atoms with E-state index in [0.717, 1.165) is 67.5 Å². The van der Waals surface area contributed by atoms with Crippen LogP contribution >= 0.6 is 0 Å². The van der Waals surface area contributed by atoms with Gasteiger partial charge in [0.25, 0.3) is 0 Å². The number of aromatic amines is 1. The van der Waals surface area contributed by atoms with E-state index in [1.54, 1.807) is 11.0 Å². The van der Waals surface area contributed by atoms with E-state index in [0.29, 0.717) is 39.1 Å². The summed E-state index contributed by atoms with van der Waals surface area (Å²) >= 11 is 0. The van der Waals surface area contributed by atoms with Crippen molar-refractivity contribution in [3.05, 3.63) is 93.8 Å². The van der Waals surface area contributed by atoms with Gasteiger partial charge < -0.3 is 20.1 Å². The number of carbonyl (C=O) groups is 1. The van der Waals surface area contributed by atoms with Gasteiger partial charge in [-0.1, -0.05) is 49.6 Å². The Bertz CT molecular complexity index is 1490. The topological polar surface area (TPSA) is 71.7 Å². The zero-order valence-corrected chi connectivity index (χ0v) is 24.8. The molecule has 6 rings (SSSR count). The maximum absolute atomic E-state index is 15.0. The first-order valence-corrected chi connectivity index (χ1v) is 15.6. The first kappa shape index (κ1) is 29.5. The highest BCUT2D eigenvalue weighted by Gasteiger charge is 2.45. The number of nitrogens with zero attached hydrogens (tertiary/aromatic N) is 3. The highest BCUT2D eigenvalue weighted by molar-refractivity contribution is 5.75. The van der Waals surface area contributed by atoms with Crippen molar-refractivity contribution in [2.24, 2.45) is 0 Å². The lowest BCUT2D eigenvalue weighted by Gasteiger charge is -2.54. The summed E-state index contributed by atoms with van der Waals surface area (Å²) in [5.74, 6) is -0.991. The standard InChI is InChI=1S/C34H41F2N5O2/c1-37-27-12-15-41(31(19-27)28-18-26(35)10-11-29(28)36)33(43)39-16-17-40(34(23-39)13-6-3-7-14-34)22-25-21-38-30(20-32(25)42)24-8-4-2-5-9-24/h2,4-5,8-11,18,20-21,27,31,37H,3,6-7,12-17,19,22-23H2,1H3,(H,38,42)/t27-,31+/m1/s1. The lowest BCUT2D eigenvalue weighted by Crippen LogP contribution is -2.65. The Labute approximate surface area is 251 Å². The summed E-state index contributed by atoms with van der Waals surface area (Å²) in [6, 6.07) is 14.5. The predicted octanol–water partition coefficient (Wildman–Crippen LogP) is 5.69. The molecule has 3 aliphatic rings. The molecule has 0 unspecified atom stereocenters. The van der Waals surface area contributed by atoms with Gasteiger partial charge in [0.2, 0.25) is 0 Å². The van der Waals surface area contributed by atoms with Crippen LogP contribution in [0.2, 0.25) is 0 Å². The molecule has 3 aromatic rings. The van der Waals surface area contributed by atoms with E-state index in [1.165, 1.54) is 6.07 Å². The van der Waals surface area contributed by atoms with Crippen LogP contribution in [0.4, 0.5) is 13.6 Å². The van der Waals surface area contributed by atoms with E-state index in [4.69, 9.17) is 0 Å². The molecule has 2 amide bonds. The summed E-state index contributed by atoms with van der Waals surface area (Å²) in [6.07, 6.45) is 8.34. The van der Waals surface area contributed by atoms with E-state index in [2.05, 4.69) is 15.2 Å². The predicted molar refractivity (Wildman–Crippen MR) is 164 cm³/mol. The summed E-state index contributed by atoms with van der Waals surface area (Å²) in [6.45, 7) is 2.73. The Morgan fingerprint density at radius 3 is 2.56 bits per heavy atom. The Balaban J connectivity index is 1.23. The fourth-order valence-corrected chi connectivity index (χ4v) is 7.43. The van der Waals surface area contributed by atoms with E-state index >= 15 is 0 Å². The molecule has 2 saturated heterocycles. The number of nitrogens with one attached hydrogen (secondary N) is 2. The second kappa shape index (κ2) is 12.6. The van der Waals surface area contributed by atoms with Gasteiger partial charge in [-0.2, -0.15) is 0 Å². The van der Waals surface area contributed by atoms with Crippen molar-refractivity contribution in [2.45, 2.75) is 69.1 Å². The van der Waals surface area contributed by atoms with Gasteiger partial charge in [0.15, 0.2) is 5.43 Å². The van der Waals surface area contributed by atoms with Crippen molar-refractivity contribution in [1.29, 1.82) is 0 Å². The monoisotopic (exact) mass is 589 g/mol. The average Bonchev–Trinajstić information content (AvgIpc) is 3.04. The molecule has 3 fully saturated rings. The number of benzene rings is 2. The van der Waals surface area contributed by atoms with Gasteiger partial charge in [0.1, 0.15) is 11.6 Å². The van der Waals surface area contributed by atoms with Crippen molar-refractivity contribution < 1.29 is 13.6 Å². The molecule has 1 saturated carbocycles. The molecular formula is C34H41F2N5O2. The third-order valence-corrected chi connectivity index (χ3v) is 9.86. The van der Waals surface area contributed by atoms with Crippen LogP contribution < -0.4 is 10.7 Å². The quantitative estimate of drug-likeness (QED) is 0.402. The Hall–Kier alpha value is -3.56. The van der Waals surface area contributed by atoms with Gasteiger partial charge in [-0.15, -0.1) is 0 Å². The van der Waals surface area contributed by atoms with Crippen LogP contribution in [0.1, 0.15) is 62.1 Å². The SMILES string of the molecule is CN[C@@H]1CCN(C(=O)N2CCN(Cc3c[nH]c(-c4ccccc4)cc3=O)C3(CCCCC3)C2)[C@H](c2cc(F)ccc2F)C1. The average molecular weight is 590 g/mol. The molecule has 9 heteroatoms. The largest absolute Gasteiger partial charge is 0.361 e. The molecule has 2 N–H and O–H groups in total. The molecule has 2 aromatic carbocycles. The highest BCUT2D eigenvalue weighted by atomic mass is 19.1. The van der Waals surface area contributed by atoms with Gasteiger partial charge in [-0.05, 0) is 56.5 Å². The minimum atomic E-state index is -0.545. The minimum absolute atomic E-state index is 0.00874. The third-order valence-electron chi connectivity index (χ3n) is 9.86. The number of piperazine rings is 1. The number of likely N-dealkylation sites (tertiary alicyclic amines) is 1. The number of H-pyrrole nitrogens is 1. The lowest BCUT2D eigenvalue weighted by atomic mass is 9.78. The maximum atomic E-state index is 15.0. The summed E-state index contributed by atoms with van der Waals surface area (Å²) < 4.78 is 29.2. The summed E-state index contributed by atoms with van der Waals surface area (Å²) in [5.41, 5.74) is 2.51. The highest BCUT2D eigenvalue weighted by Crippen LogP contribution is 2.39. The van der Waals surface area contributed by atoms with Crippen LogP contribution in [0.3, 0.4) is 0 Å². The van der Waals surface area contributed by atoms with Gasteiger partial charge in [-0.25, -0.2) is 13.6 Å². The van der Waals surface area contributed by atoms with E-state index in [1.807, 2.05) is 48.5 Å². The van der Waals surface area contributed by atoms with E-state index in [9.17, 15) is 18.4 Å². The Morgan fingerprint density at radius 2 is 1.81 bits per heavy atom. The summed E-state index contributed by atoms with van der Waals surface area (Å²) in [7, 11) is 1.87. The molecule has 3 heterocycles. The van der Waals surface area contributed by atoms with Gasteiger partial charge in [-0.3, -0.25) is 9.69 Å². The summed E-state index contributed by atoms with van der Waals surface area (Å²) in [4.78, 5) is 36.8. The number of halogens is 2. The van der Waals surface area contributed by atoms with Crippen LogP contribution in [0.25, 0.3) is 11.3 Å². The Morgan fingerprint density at radius 1 is 1.02 bits per heavy atom. The number of aromatic nitrogens is 1. The smallest absolute Gasteiger partial charge is 0.320 e. The number of carbonyl (C=O) groups excluding carboxylic acids is 1. The van der Waals surface area contributed by atoms with Crippen molar-refractivity contribution in [3.8, 4) is 11.3 Å². The molecule has 228 valence electrons. The second-order valence-corrected chi connectivity index (χ2v) is 12.4. The van der Waals surface area contributed by atoms with E-state index in [-0.39, 0.29) is 28.6 Å². The molecular weight excluding hydrogens is 548 g/mol. The molecule has 0 radical (unpaired) electrons. The van der Waals surface area contributed by atoms with E-state index < -0.39 is 17.7 Å². The van der Waals surface area contributed by atoms with Crippen LogP contribution in [0, 0.1) is 11.6 Å². The number of amides is 2. The molecule has 1 aromatic heterocycles. The van der Waals surface area contributed by atoms with Crippen LogP contribution in [0.5, 0.6) is 0 Å². The van der Waals surface area contributed by atoms with Crippen LogP contribution in [-0.4, -0.2) is 70.5 Å². The molecule has 2 aliphatic heterocycles. The molecule has 1 aliphatic carbocycles. The zero-order chi connectivity index (χ0) is 30.0. The molecule has 0 bridgehead atoms. The number of hydrogen-bond acceptors (Lipinski definition) is 4. The minimum Gasteiger partial charge on any atom is -0.361 e. The Kier molecular flexibility index (Phi) is 8.63. The van der Waals surface area contributed by atoms with Gasteiger partial charge >= 0.3 is 6.03 Å². The fraction of sp³-hybridized carbons (Fsp3) is 0.471. The van der Waals surface area contributed by atoms with Crippen LogP contribution in [-0.2, 0) is 6.54 Å². The summed E-state index contributed by atoms with van der Waals surface area (Å²) in [5, 5.41) is 3.27. The molecule has 1 spiro atoms. The van der Waals surface area contributed by atoms with Crippen LogP contribution in [0.15, 0.2) is 65.6 Å². The van der Waals surface area contributed by atoms with Crippen molar-refractivity contribution >= 4 is 6.03 Å². The number of hydrogen-bond donors (Lipinski definition) is 2. The number of urea groups is 1. The third kappa shape index (κ3) is 6.10. The molecule has 2 atom stereocenters. The number of pyridine rings is 1. The lowest BCUT2D eigenvalue weighted by molar-refractivity contribution is -0.0269. The molecule has 43 heavy (non-hydrogen) atoms. The number of rotatable bonds is 5. The van der Waals surface area contributed by atoms with Crippen molar-refractivity contribution in [3.63, 3.8) is 0 Å². The first-order chi connectivity index (χ1) is 20.9. The van der Waals surface area contributed by atoms with Crippen molar-refractivity contribution in [2.75, 3.05) is 33.2 Å². The molecule has 7 nitrogen and oxygen atoms in total.